The third kappa shape index (κ3) is 7.71. The van der Waals surface area contributed by atoms with Gasteiger partial charge in [0.1, 0.15) is 12.0 Å². The largest absolute Gasteiger partial charge is 0.444 e. The Labute approximate surface area is 199 Å². The van der Waals surface area contributed by atoms with Gasteiger partial charge in [0, 0.05) is 29.7 Å². The molecule has 0 spiro atoms. The van der Waals surface area contributed by atoms with E-state index in [0.717, 1.165) is 55.3 Å². The molecule has 162 valence electrons. The summed E-state index contributed by atoms with van der Waals surface area (Å²) >= 11 is 1.75. The van der Waals surface area contributed by atoms with Gasteiger partial charge in [-0.3, -0.25) is 0 Å². The zero-order chi connectivity index (χ0) is 20.5. The molecule has 1 aromatic carbocycles. The van der Waals surface area contributed by atoms with Crippen LogP contribution >= 0.6 is 35.3 Å². The van der Waals surface area contributed by atoms with Crippen LogP contribution < -0.4 is 10.6 Å². The quantitative estimate of drug-likeness (QED) is 0.171. The molecule has 0 aliphatic carbocycles. The maximum absolute atomic E-state index is 5.61. The first kappa shape index (κ1) is 24.3. The molecule has 2 heterocycles. The van der Waals surface area contributed by atoms with Gasteiger partial charge in [-0.25, -0.2) is 15.0 Å². The van der Waals surface area contributed by atoms with Gasteiger partial charge in [0.15, 0.2) is 5.96 Å². The Morgan fingerprint density at radius 3 is 2.60 bits per heavy atom. The fourth-order valence-electron chi connectivity index (χ4n) is 2.84. The SMILES string of the molecule is CCNC(=NCc1coc(-c2ccc(C)cc2)n1)NCCCCc1nc(C)cs1.I. The smallest absolute Gasteiger partial charge is 0.226 e. The lowest BCUT2D eigenvalue weighted by atomic mass is 10.1. The van der Waals surface area contributed by atoms with Crippen molar-refractivity contribution in [2.45, 2.75) is 46.6 Å². The van der Waals surface area contributed by atoms with Crippen LogP contribution in [0.5, 0.6) is 0 Å². The Morgan fingerprint density at radius 1 is 1.10 bits per heavy atom. The van der Waals surface area contributed by atoms with Crippen LogP contribution in [0.1, 0.15) is 41.7 Å². The van der Waals surface area contributed by atoms with Crippen molar-refractivity contribution in [2.75, 3.05) is 13.1 Å². The summed E-state index contributed by atoms with van der Waals surface area (Å²) in [6.45, 7) is 8.34. The predicted octanol–water partition coefficient (Wildman–Crippen LogP) is 5.11. The molecule has 0 atom stereocenters. The fourth-order valence-corrected chi connectivity index (χ4v) is 3.65. The summed E-state index contributed by atoms with van der Waals surface area (Å²) in [5.41, 5.74) is 4.12. The Hall–Kier alpha value is -1.94. The molecule has 2 aromatic heterocycles. The number of aromatic nitrogens is 2. The van der Waals surface area contributed by atoms with Crippen LogP contribution in [0.15, 0.2) is 45.3 Å². The molecule has 6 nitrogen and oxygen atoms in total. The van der Waals surface area contributed by atoms with E-state index in [0.29, 0.717) is 12.4 Å². The van der Waals surface area contributed by atoms with Crippen molar-refractivity contribution in [3.8, 4) is 11.5 Å². The van der Waals surface area contributed by atoms with E-state index in [2.05, 4.69) is 57.0 Å². The highest BCUT2D eigenvalue weighted by molar-refractivity contribution is 14.0. The summed E-state index contributed by atoms with van der Waals surface area (Å²) in [5.74, 6) is 1.43. The van der Waals surface area contributed by atoms with Gasteiger partial charge in [-0.2, -0.15) is 0 Å². The molecule has 0 amide bonds. The van der Waals surface area contributed by atoms with Gasteiger partial charge in [-0.1, -0.05) is 17.7 Å². The number of oxazole rings is 1. The number of hydrogen-bond donors (Lipinski definition) is 2. The minimum Gasteiger partial charge on any atom is -0.444 e. The summed E-state index contributed by atoms with van der Waals surface area (Å²) in [4.78, 5) is 13.7. The second-order valence-corrected chi connectivity index (χ2v) is 7.91. The van der Waals surface area contributed by atoms with E-state index in [1.165, 1.54) is 10.6 Å². The van der Waals surface area contributed by atoms with Gasteiger partial charge < -0.3 is 15.1 Å². The van der Waals surface area contributed by atoms with Crippen LogP contribution in [0.3, 0.4) is 0 Å². The van der Waals surface area contributed by atoms with Crippen molar-refractivity contribution in [1.29, 1.82) is 0 Å². The van der Waals surface area contributed by atoms with Crippen molar-refractivity contribution in [1.82, 2.24) is 20.6 Å². The Morgan fingerprint density at radius 2 is 1.90 bits per heavy atom. The van der Waals surface area contributed by atoms with Gasteiger partial charge in [0.25, 0.3) is 0 Å². The summed E-state index contributed by atoms with van der Waals surface area (Å²) in [6, 6.07) is 8.15. The van der Waals surface area contributed by atoms with Gasteiger partial charge >= 0.3 is 0 Å². The first-order valence-corrected chi connectivity index (χ1v) is 11.0. The maximum atomic E-state index is 5.61. The Balaban J connectivity index is 0.00000320. The van der Waals surface area contributed by atoms with Crippen LogP contribution in [0.2, 0.25) is 0 Å². The lowest BCUT2D eigenvalue weighted by molar-refractivity contribution is 0.572. The second kappa shape index (κ2) is 12.7. The van der Waals surface area contributed by atoms with E-state index in [1.807, 2.05) is 19.1 Å². The number of thiazole rings is 1. The van der Waals surface area contributed by atoms with Crippen LogP contribution in [0.4, 0.5) is 0 Å². The van der Waals surface area contributed by atoms with Crippen molar-refractivity contribution in [3.05, 3.63) is 57.9 Å². The monoisotopic (exact) mass is 539 g/mol. The number of aryl methyl sites for hydroxylation is 3. The standard InChI is InChI=1S/C22H29N5OS.HI/c1-4-23-22(24-12-6-5-7-20-26-17(3)15-29-20)25-13-19-14-28-21(27-19)18-10-8-16(2)9-11-18;/h8-11,14-15H,4-7,12-13H2,1-3H3,(H2,23,24,25);1H. The Kier molecular flexibility index (Phi) is 10.3. The highest BCUT2D eigenvalue weighted by Gasteiger charge is 2.07. The average Bonchev–Trinajstić information content (AvgIpc) is 3.35. The molecule has 0 radical (unpaired) electrons. The number of aliphatic imine (C=N–C) groups is 1. The zero-order valence-electron chi connectivity index (χ0n) is 17.8. The van der Waals surface area contributed by atoms with E-state index < -0.39 is 0 Å². The van der Waals surface area contributed by atoms with E-state index in [9.17, 15) is 0 Å². The van der Waals surface area contributed by atoms with Crippen molar-refractivity contribution in [2.24, 2.45) is 4.99 Å². The molecule has 3 rings (SSSR count). The molecule has 0 saturated carbocycles. The van der Waals surface area contributed by atoms with Crippen molar-refractivity contribution >= 4 is 41.3 Å². The minimum atomic E-state index is 0. The molecule has 0 saturated heterocycles. The molecule has 8 heteroatoms. The first-order valence-electron chi connectivity index (χ1n) is 10.1. The molecular formula is C22H30IN5OS. The molecule has 0 aliphatic rings. The molecule has 0 bridgehead atoms. The topological polar surface area (TPSA) is 75.3 Å². The lowest BCUT2D eigenvalue weighted by Gasteiger charge is -2.10. The number of guanidine groups is 1. The highest BCUT2D eigenvalue weighted by Crippen LogP contribution is 2.19. The molecule has 3 aromatic rings. The average molecular weight is 539 g/mol. The normalized spacial score (nSPS) is 11.2. The molecule has 0 fully saturated rings. The fraction of sp³-hybridized carbons (Fsp3) is 0.409. The first-order chi connectivity index (χ1) is 14.1. The Bertz CT molecular complexity index is 920. The van der Waals surface area contributed by atoms with Crippen LogP contribution in [-0.2, 0) is 13.0 Å². The lowest BCUT2D eigenvalue weighted by Crippen LogP contribution is -2.37. The van der Waals surface area contributed by atoms with Crippen molar-refractivity contribution in [3.63, 3.8) is 0 Å². The number of nitrogens with zero attached hydrogens (tertiary/aromatic N) is 3. The highest BCUT2D eigenvalue weighted by atomic mass is 127. The van der Waals surface area contributed by atoms with E-state index in [4.69, 9.17) is 4.42 Å². The van der Waals surface area contributed by atoms with Crippen molar-refractivity contribution < 1.29 is 4.42 Å². The third-order valence-corrected chi connectivity index (χ3v) is 5.40. The van der Waals surface area contributed by atoms with E-state index in [1.54, 1.807) is 17.6 Å². The maximum Gasteiger partial charge on any atom is 0.226 e. The number of nitrogens with one attached hydrogen (secondary N) is 2. The van der Waals surface area contributed by atoms with E-state index in [-0.39, 0.29) is 24.0 Å². The van der Waals surface area contributed by atoms with Gasteiger partial charge in [-0.15, -0.1) is 35.3 Å². The van der Waals surface area contributed by atoms with Gasteiger partial charge in [0.05, 0.1) is 11.6 Å². The number of hydrogen-bond acceptors (Lipinski definition) is 5. The molecule has 0 unspecified atom stereocenters. The van der Waals surface area contributed by atoms with Crippen LogP contribution in [0, 0.1) is 13.8 Å². The predicted molar refractivity (Wildman–Crippen MR) is 135 cm³/mol. The summed E-state index contributed by atoms with van der Waals surface area (Å²) in [6.07, 6.45) is 4.90. The summed E-state index contributed by atoms with van der Waals surface area (Å²) < 4.78 is 5.61. The zero-order valence-corrected chi connectivity index (χ0v) is 20.9. The summed E-state index contributed by atoms with van der Waals surface area (Å²) in [5, 5.41) is 10.00. The molecular weight excluding hydrogens is 509 g/mol. The van der Waals surface area contributed by atoms with Gasteiger partial charge in [-0.05, 0) is 52.2 Å². The second-order valence-electron chi connectivity index (χ2n) is 6.97. The number of halogens is 1. The minimum absolute atomic E-state index is 0. The van der Waals surface area contributed by atoms with Gasteiger partial charge in [0.2, 0.25) is 5.89 Å². The molecule has 30 heavy (non-hydrogen) atoms. The summed E-state index contributed by atoms with van der Waals surface area (Å²) in [7, 11) is 0. The number of benzene rings is 1. The third-order valence-electron chi connectivity index (χ3n) is 4.37. The number of unbranched alkanes of at least 4 members (excludes halogenated alkanes) is 1. The number of rotatable bonds is 9. The van der Waals surface area contributed by atoms with E-state index >= 15 is 0 Å². The molecule has 0 aliphatic heterocycles. The van der Waals surface area contributed by atoms with Crippen LogP contribution in [-0.4, -0.2) is 29.0 Å². The van der Waals surface area contributed by atoms with Crippen LogP contribution in [0.25, 0.3) is 11.5 Å². The molecule has 2 N–H and O–H groups in total.